The van der Waals surface area contributed by atoms with Gasteiger partial charge in [-0.15, -0.1) is 0 Å². The second kappa shape index (κ2) is 16.2. The van der Waals surface area contributed by atoms with Crippen molar-refractivity contribution in [1.29, 1.82) is 5.26 Å². The van der Waals surface area contributed by atoms with E-state index in [1.807, 2.05) is 73.1 Å². The zero-order valence-corrected chi connectivity index (χ0v) is 35.8. The van der Waals surface area contributed by atoms with Crippen LogP contribution in [-0.2, 0) is 5.41 Å². The highest BCUT2D eigenvalue weighted by atomic mass is 15.0. The molecule has 0 unspecified atom stereocenters. The van der Waals surface area contributed by atoms with E-state index in [-0.39, 0.29) is 5.41 Å². The summed E-state index contributed by atoms with van der Waals surface area (Å²) in [6, 6.07) is 65.5. The highest BCUT2D eigenvalue weighted by molar-refractivity contribution is 5.89. The molecule has 0 bridgehead atoms. The van der Waals surface area contributed by atoms with E-state index in [9.17, 15) is 5.26 Å². The summed E-state index contributed by atoms with van der Waals surface area (Å²) in [5.41, 5.74) is 18.0. The zero-order valence-electron chi connectivity index (χ0n) is 35.8. The van der Waals surface area contributed by atoms with Crippen LogP contribution >= 0.6 is 0 Å². The predicted molar refractivity (Wildman–Crippen MR) is 261 cm³/mol. The van der Waals surface area contributed by atoms with Gasteiger partial charge in [-0.2, -0.15) is 5.26 Å². The zero-order chi connectivity index (χ0) is 43.9. The third-order valence-corrected chi connectivity index (χ3v) is 12.5. The van der Waals surface area contributed by atoms with Gasteiger partial charge < -0.3 is 0 Å². The van der Waals surface area contributed by atoms with Gasteiger partial charge in [-0.25, -0.2) is 15.0 Å². The molecule has 7 aromatic carbocycles. The summed E-state index contributed by atoms with van der Waals surface area (Å²) in [5.74, 6) is 1.74. The third kappa shape index (κ3) is 7.35. The Bertz CT molecular complexity index is 3380. The molecule has 1 aliphatic carbocycles. The molecule has 3 aromatic heterocycles. The van der Waals surface area contributed by atoms with Gasteiger partial charge in [0.1, 0.15) is 0 Å². The minimum atomic E-state index is -0.381. The van der Waals surface area contributed by atoms with Crippen LogP contribution in [0, 0.1) is 11.3 Å². The lowest BCUT2D eigenvalue weighted by atomic mass is 9.79. The van der Waals surface area contributed by atoms with Gasteiger partial charge in [0.25, 0.3) is 0 Å². The molecule has 10 aromatic rings. The lowest BCUT2D eigenvalue weighted by Gasteiger charge is -2.23. The molecule has 0 radical (unpaired) electrons. The smallest absolute Gasteiger partial charge is 0.164 e. The molecule has 0 saturated heterocycles. The van der Waals surface area contributed by atoms with Crippen molar-refractivity contribution in [2.45, 2.75) is 19.3 Å². The number of hydrogen-bond donors (Lipinski definition) is 0. The van der Waals surface area contributed by atoms with Gasteiger partial charge in [-0.1, -0.05) is 135 Å². The molecule has 306 valence electrons. The fourth-order valence-corrected chi connectivity index (χ4v) is 9.23. The van der Waals surface area contributed by atoms with Crippen molar-refractivity contribution in [3.63, 3.8) is 0 Å². The molecular formula is C59H40N6. The lowest BCUT2D eigenvalue weighted by molar-refractivity contribution is 0.658. The fraction of sp³-hybridized carbons (Fsp3) is 0.0508. The van der Waals surface area contributed by atoms with E-state index in [1.165, 1.54) is 5.56 Å². The lowest BCUT2D eigenvalue weighted by Crippen LogP contribution is -2.16. The van der Waals surface area contributed by atoms with Gasteiger partial charge in [-0.3, -0.25) is 9.97 Å². The first-order valence-corrected chi connectivity index (χ1v) is 21.7. The molecule has 6 nitrogen and oxygen atoms in total. The maximum Gasteiger partial charge on any atom is 0.164 e. The van der Waals surface area contributed by atoms with Crippen molar-refractivity contribution in [1.82, 2.24) is 24.9 Å². The Morgan fingerprint density at radius 1 is 0.369 bits per heavy atom. The molecule has 65 heavy (non-hydrogen) atoms. The summed E-state index contributed by atoms with van der Waals surface area (Å²) >= 11 is 0. The normalized spacial score (nSPS) is 12.3. The van der Waals surface area contributed by atoms with Crippen LogP contribution < -0.4 is 0 Å². The Labute approximate surface area is 378 Å². The Kier molecular flexibility index (Phi) is 9.79. The SMILES string of the molecule is CC1(C)c2cc(-c3cc(-c4cc(-c5cccnc5)cc(-c5cccnc5)c4)cc(-c4nc(-c5ccccc5)nc(-c5ccc(-c6ccccc6)cc5)n4)c3)ccc2-c2cccc(C#N)c21. The summed E-state index contributed by atoms with van der Waals surface area (Å²) in [6.45, 7) is 4.44. The van der Waals surface area contributed by atoms with Gasteiger partial charge in [-0.05, 0) is 127 Å². The van der Waals surface area contributed by atoms with Gasteiger partial charge in [0.15, 0.2) is 17.5 Å². The van der Waals surface area contributed by atoms with Crippen LogP contribution in [0.2, 0.25) is 0 Å². The molecule has 0 N–H and O–H groups in total. The van der Waals surface area contributed by atoms with Crippen LogP contribution in [0.3, 0.4) is 0 Å². The van der Waals surface area contributed by atoms with Crippen LogP contribution in [0.4, 0.5) is 0 Å². The Morgan fingerprint density at radius 3 is 1.37 bits per heavy atom. The van der Waals surface area contributed by atoms with E-state index in [0.29, 0.717) is 23.0 Å². The van der Waals surface area contributed by atoms with Gasteiger partial charge in [0.05, 0.1) is 11.6 Å². The third-order valence-electron chi connectivity index (χ3n) is 12.5. The highest BCUT2D eigenvalue weighted by Crippen LogP contribution is 2.51. The number of aromatic nitrogens is 5. The topological polar surface area (TPSA) is 88.2 Å². The Balaban J connectivity index is 1.13. The Morgan fingerprint density at radius 2 is 0.815 bits per heavy atom. The second-order valence-corrected chi connectivity index (χ2v) is 16.9. The van der Waals surface area contributed by atoms with E-state index in [1.54, 1.807) is 12.4 Å². The molecule has 0 spiro atoms. The van der Waals surface area contributed by atoms with E-state index in [4.69, 9.17) is 15.0 Å². The van der Waals surface area contributed by atoms with Crippen LogP contribution in [-0.4, -0.2) is 24.9 Å². The monoisotopic (exact) mass is 832 g/mol. The molecule has 0 amide bonds. The van der Waals surface area contributed by atoms with Gasteiger partial charge in [0, 0.05) is 58.0 Å². The summed E-state index contributed by atoms with van der Waals surface area (Å²) in [6.07, 6.45) is 7.40. The molecule has 0 fully saturated rings. The first-order valence-electron chi connectivity index (χ1n) is 21.7. The fourth-order valence-electron chi connectivity index (χ4n) is 9.23. The van der Waals surface area contributed by atoms with E-state index in [0.717, 1.165) is 89.0 Å². The average molecular weight is 833 g/mol. The number of hydrogen-bond acceptors (Lipinski definition) is 6. The van der Waals surface area contributed by atoms with Crippen LogP contribution in [0.1, 0.15) is 30.5 Å². The molecular weight excluding hydrogens is 793 g/mol. The molecule has 0 aliphatic heterocycles. The number of nitrogens with zero attached hydrogens (tertiary/aromatic N) is 6. The van der Waals surface area contributed by atoms with E-state index >= 15 is 0 Å². The average Bonchev–Trinajstić information content (AvgIpc) is 3.62. The minimum absolute atomic E-state index is 0.381. The highest BCUT2D eigenvalue weighted by Gasteiger charge is 2.37. The van der Waals surface area contributed by atoms with Crippen molar-refractivity contribution in [2.75, 3.05) is 0 Å². The molecule has 3 heterocycles. The van der Waals surface area contributed by atoms with Crippen LogP contribution in [0.15, 0.2) is 207 Å². The molecule has 0 saturated carbocycles. The van der Waals surface area contributed by atoms with E-state index < -0.39 is 0 Å². The molecule has 11 rings (SSSR count). The first kappa shape index (κ1) is 39.2. The van der Waals surface area contributed by atoms with Gasteiger partial charge in [0.2, 0.25) is 0 Å². The largest absolute Gasteiger partial charge is 0.264 e. The first-order chi connectivity index (χ1) is 31.9. The van der Waals surface area contributed by atoms with Crippen molar-refractivity contribution < 1.29 is 0 Å². The number of pyridine rings is 2. The number of rotatable bonds is 8. The van der Waals surface area contributed by atoms with Gasteiger partial charge >= 0.3 is 0 Å². The van der Waals surface area contributed by atoms with Crippen molar-refractivity contribution >= 4 is 0 Å². The minimum Gasteiger partial charge on any atom is -0.264 e. The van der Waals surface area contributed by atoms with Crippen LogP contribution in [0.5, 0.6) is 0 Å². The van der Waals surface area contributed by atoms with E-state index in [2.05, 4.69) is 151 Å². The quantitative estimate of drug-likeness (QED) is 0.151. The van der Waals surface area contributed by atoms with Crippen molar-refractivity contribution in [3.05, 3.63) is 223 Å². The number of fused-ring (bicyclic) bond motifs is 3. The summed E-state index contributed by atoms with van der Waals surface area (Å²) in [5, 5.41) is 10.2. The maximum absolute atomic E-state index is 10.2. The summed E-state index contributed by atoms with van der Waals surface area (Å²) in [7, 11) is 0. The maximum atomic E-state index is 10.2. The summed E-state index contributed by atoms with van der Waals surface area (Å²) < 4.78 is 0. The predicted octanol–water partition coefficient (Wildman–Crippen LogP) is 14.2. The molecule has 1 aliphatic rings. The standard InChI is InChI=1S/C59H40N6/c1-59(2)54-34-42(24-25-52(54)53-19-9-16-43(35-60)55(53)59)46-28-50(49-30-47(44-17-10-26-61-36-44)29-48(31-49)45-18-11-27-62-37-45)33-51(32-46)58-64-56(40-14-7-4-8-15-40)63-57(65-58)41-22-20-39(21-23-41)38-12-5-3-6-13-38/h3-34,36-37H,1-2H3. The van der Waals surface area contributed by atoms with Crippen LogP contribution in [0.25, 0.3) is 101 Å². The molecule has 0 atom stereocenters. The second-order valence-electron chi connectivity index (χ2n) is 16.9. The van der Waals surface area contributed by atoms with Crippen molar-refractivity contribution in [2.24, 2.45) is 0 Å². The van der Waals surface area contributed by atoms with Crippen molar-refractivity contribution in [3.8, 4) is 107 Å². The summed E-state index contributed by atoms with van der Waals surface area (Å²) in [4.78, 5) is 24.5. The number of benzene rings is 7. The number of nitriles is 1. The molecule has 6 heteroatoms. The Hall–Kier alpha value is -8.66.